The summed E-state index contributed by atoms with van der Waals surface area (Å²) in [6, 6.07) is 9.34. The molecule has 0 saturated heterocycles. The summed E-state index contributed by atoms with van der Waals surface area (Å²) in [6.07, 6.45) is -5.93. The summed E-state index contributed by atoms with van der Waals surface area (Å²) in [6.45, 7) is 1.72. The van der Waals surface area contributed by atoms with Gasteiger partial charge in [-0.25, -0.2) is 0 Å². The molecule has 0 aliphatic heterocycles. The van der Waals surface area contributed by atoms with E-state index in [-0.39, 0.29) is 10.7 Å². The van der Waals surface area contributed by atoms with Crippen molar-refractivity contribution in [3.63, 3.8) is 0 Å². The van der Waals surface area contributed by atoms with Crippen molar-refractivity contribution in [2.45, 2.75) is 23.1 Å². The van der Waals surface area contributed by atoms with Gasteiger partial charge < -0.3 is 10.6 Å². The molecular weight excluding hydrogens is 447 g/mol. The van der Waals surface area contributed by atoms with Crippen molar-refractivity contribution in [2.75, 3.05) is 5.32 Å². The second-order valence-corrected chi connectivity index (χ2v) is 8.38. The van der Waals surface area contributed by atoms with Gasteiger partial charge in [-0.3, -0.25) is 4.79 Å². The monoisotopic (exact) mass is 458 g/mol. The number of nitrogens with one attached hydrogen (secondary N) is 2. The first-order valence-electron chi connectivity index (χ1n) is 7.46. The average molecular weight is 460 g/mol. The van der Waals surface area contributed by atoms with Crippen LogP contribution >= 0.6 is 46.4 Å². The molecule has 146 valence electrons. The second-order valence-electron chi connectivity index (χ2n) is 5.60. The zero-order valence-corrected chi connectivity index (χ0v) is 16.7. The number of amides is 1. The van der Waals surface area contributed by atoms with Crippen molar-refractivity contribution in [3.05, 3.63) is 64.2 Å². The highest BCUT2D eigenvalue weighted by Gasteiger charge is 2.36. The molecule has 0 spiro atoms. The van der Waals surface area contributed by atoms with Crippen LogP contribution < -0.4 is 10.6 Å². The van der Waals surface area contributed by atoms with E-state index in [9.17, 15) is 18.0 Å². The highest BCUT2D eigenvalue weighted by atomic mass is 35.6. The van der Waals surface area contributed by atoms with Crippen LogP contribution in [0.25, 0.3) is 0 Å². The Kier molecular flexibility index (Phi) is 6.79. The number of aryl methyl sites for hydroxylation is 1. The van der Waals surface area contributed by atoms with E-state index in [1.54, 1.807) is 31.2 Å². The highest BCUT2D eigenvalue weighted by molar-refractivity contribution is 6.68. The molecule has 2 N–H and O–H groups in total. The lowest BCUT2D eigenvalue weighted by atomic mass is 10.1. The Hall–Kier alpha value is -1.34. The van der Waals surface area contributed by atoms with Gasteiger partial charge in [-0.1, -0.05) is 64.6 Å². The van der Waals surface area contributed by atoms with Gasteiger partial charge in [0.2, 0.25) is 3.79 Å². The van der Waals surface area contributed by atoms with E-state index >= 15 is 0 Å². The minimum absolute atomic E-state index is 0.0348. The van der Waals surface area contributed by atoms with Gasteiger partial charge in [0, 0.05) is 5.56 Å². The first kappa shape index (κ1) is 22.0. The summed E-state index contributed by atoms with van der Waals surface area (Å²) in [5, 5.41) is 4.99. The minimum Gasteiger partial charge on any atom is -0.361 e. The van der Waals surface area contributed by atoms with Gasteiger partial charge in [-0.15, -0.1) is 0 Å². The van der Waals surface area contributed by atoms with Crippen molar-refractivity contribution in [2.24, 2.45) is 0 Å². The maximum Gasteiger partial charge on any atom is 0.416 e. The van der Waals surface area contributed by atoms with Crippen LogP contribution in [0.3, 0.4) is 0 Å². The molecule has 10 heteroatoms. The molecule has 0 aliphatic carbocycles. The third-order valence-corrected chi connectivity index (χ3v) is 4.57. The number of hydrogen-bond donors (Lipinski definition) is 2. The normalized spacial score (nSPS) is 13.2. The molecule has 0 saturated carbocycles. The number of rotatable bonds is 4. The fraction of sp³-hybridized carbons (Fsp3) is 0.235. The predicted octanol–water partition coefficient (Wildman–Crippen LogP) is 6.21. The van der Waals surface area contributed by atoms with Crippen molar-refractivity contribution in [3.8, 4) is 0 Å². The fourth-order valence-electron chi connectivity index (χ4n) is 2.20. The zero-order chi connectivity index (χ0) is 20.4. The molecule has 0 bridgehead atoms. The van der Waals surface area contributed by atoms with E-state index in [2.05, 4.69) is 10.6 Å². The van der Waals surface area contributed by atoms with E-state index in [4.69, 9.17) is 46.4 Å². The van der Waals surface area contributed by atoms with Gasteiger partial charge in [0.1, 0.15) is 6.17 Å². The third kappa shape index (κ3) is 5.82. The standard InChI is InChI=1S/C17H13Cl4F3N2O/c1-9-4-2-3-5-11(9)14(27)26-15(16(19,20)21)25-13-8-10(17(22,23)24)6-7-12(13)18/h2-8,15,25H,1H3,(H,26,27)/t15-/m0/s1. The van der Waals surface area contributed by atoms with Crippen molar-refractivity contribution in [1.82, 2.24) is 5.32 Å². The number of carbonyl (C=O) groups excluding carboxylic acids is 1. The first-order chi connectivity index (χ1) is 12.4. The van der Waals surface area contributed by atoms with E-state index in [1.165, 1.54) is 0 Å². The SMILES string of the molecule is Cc1ccccc1C(=O)N[C@H](Nc1cc(C(F)(F)F)ccc1Cl)C(Cl)(Cl)Cl. The molecule has 0 radical (unpaired) electrons. The van der Waals surface area contributed by atoms with Gasteiger partial charge in [-0.2, -0.15) is 13.2 Å². The molecule has 0 aromatic heterocycles. The number of alkyl halides is 6. The molecule has 0 heterocycles. The van der Waals surface area contributed by atoms with Gasteiger partial charge in [0.25, 0.3) is 5.91 Å². The Morgan fingerprint density at radius 1 is 1.07 bits per heavy atom. The van der Waals surface area contributed by atoms with E-state index in [1.807, 2.05) is 0 Å². The highest BCUT2D eigenvalue weighted by Crippen LogP contribution is 2.36. The first-order valence-corrected chi connectivity index (χ1v) is 8.97. The molecule has 1 amide bonds. The smallest absolute Gasteiger partial charge is 0.361 e. The lowest BCUT2D eigenvalue weighted by Gasteiger charge is -2.28. The van der Waals surface area contributed by atoms with Gasteiger partial charge >= 0.3 is 6.18 Å². The molecule has 0 fully saturated rings. The van der Waals surface area contributed by atoms with Crippen LogP contribution in [-0.2, 0) is 6.18 Å². The Bertz CT molecular complexity index is 838. The second kappa shape index (κ2) is 8.35. The van der Waals surface area contributed by atoms with E-state index < -0.39 is 27.6 Å². The van der Waals surface area contributed by atoms with E-state index in [0.717, 1.165) is 18.2 Å². The molecule has 2 aromatic rings. The summed E-state index contributed by atoms with van der Waals surface area (Å²) in [7, 11) is 0. The molecule has 0 aliphatic rings. The Labute approximate surface area is 173 Å². The summed E-state index contributed by atoms with van der Waals surface area (Å²) in [4.78, 5) is 12.5. The topological polar surface area (TPSA) is 41.1 Å². The summed E-state index contributed by atoms with van der Waals surface area (Å²) in [5.74, 6) is -0.569. The molecule has 0 unspecified atom stereocenters. The number of carbonyl (C=O) groups is 1. The van der Waals surface area contributed by atoms with E-state index in [0.29, 0.717) is 11.1 Å². The molecule has 2 rings (SSSR count). The lowest BCUT2D eigenvalue weighted by Crippen LogP contribution is -2.49. The fourth-order valence-corrected chi connectivity index (χ4v) is 2.70. The molecular formula is C17H13Cl4F3N2O. The molecule has 27 heavy (non-hydrogen) atoms. The lowest BCUT2D eigenvalue weighted by molar-refractivity contribution is -0.137. The molecule has 3 nitrogen and oxygen atoms in total. The maximum absolute atomic E-state index is 12.9. The quantitative estimate of drug-likeness (QED) is 0.421. The Morgan fingerprint density at radius 3 is 2.26 bits per heavy atom. The van der Waals surface area contributed by atoms with Crippen LogP contribution in [0.15, 0.2) is 42.5 Å². The average Bonchev–Trinajstić information content (AvgIpc) is 2.54. The van der Waals surface area contributed by atoms with Crippen LogP contribution in [0.2, 0.25) is 5.02 Å². The number of benzene rings is 2. The van der Waals surface area contributed by atoms with Crippen molar-refractivity contribution >= 4 is 58.0 Å². The van der Waals surface area contributed by atoms with Crippen LogP contribution in [0.1, 0.15) is 21.5 Å². The van der Waals surface area contributed by atoms with Crippen LogP contribution in [0.4, 0.5) is 18.9 Å². The summed E-state index contributed by atoms with van der Waals surface area (Å²) >= 11 is 23.6. The van der Waals surface area contributed by atoms with Gasteiger partial charge in [-0.05, 0) is 36.8 Å². The largest absolute Gasteiger partial charge is 0.416 e. The molecule has 2 aromatic carbocycles. The van der Waals surface area contributed by atoms with Gasteiger partial charge in [0.15, 0.2) is 0 Å². The number of anilines is 1. The summed E-state index contributed by atoms with van der Waals surface area (Å²) < 4.78 is 36.7. The number of hydrogen-bond acceptors (Lipinski definition) is 2. The Balaban J connectivity index is 2.31. The van der Waals surface area contributed by atoms with Crippen LogP contribution in [-0.4, -0.2) is 15.9 Å². The van der Waals surface area contributed by atoms with Crippen molar-refractivity contribution < 1.29 is 18.0 Å². The number of halogens is 7. The predicted molar refractivity (Wildman–Crippen MR) is 103 cm³/mol. The van der Waals surface area contributed by atoms with Gasteiger partial charge in [0.05, 0.1) is 16.3 Å². The minimum atomic E-state index is -4.58. The van der Waals surface area contributed by atoms with Crippen molar-refractivity contribution in [1.29, 1.82) is 0 Å². The third-order valence-electron chi connectivity index (χ3n) is 3.59. The summed E-state index contributed by atoms with van der Waals surface area (Å²) in [5.41, 5.74) is -0.0838. The Morgan fingerprint density at radius 2 is 1.70 bits per heavy atom. The van der Waals surface area contributed by atoms with Crippen LogP contribution in [0.5, 0.6) is 0 Å². The van der Waals surface area contributed by atoms with Crippen LogP contribution in [0, 0.1) is 6.92 Å². The molecule has 1 atom stereocenters. The maximum atomic E-state index is 12.9. The zero-order valence-electron chi connectivity index (χ0n) is 13.7.